The molecule has 0 aromatic heterocycles. The molecule has 0 fully saturated rings. The molecule has 9 heteroatoms. The number of nitrogens with one attached hydrogen (secondary N) is 2. The maximum absolute atomic E-state index is 11.1. The molecule has 2 aromatic carbocycles. The number of nitrogens with zero attached hydrogens (tertiary/aromatic N) is 1. The van der Waals surface area contributed by atoms with E-state index in [-0.39, 0.29) is 16.5 Å². The van der Waals surface area contributed by atoms with Crippen molar-refractivity contribution in [1.29, 1.82) is 0 Å². The Morgan fingerprint density at radius 2 is 1.91 bits per heavy atom. The molecule has 120 valence electrons. The first kappa shape index (κ1) is 17.3. The number of ether oxygens (including phenoxy) is 1. The quantitative estimate of drug-likeness (QED) is 0.460. The predicted octanol–water partition coefficient (Wildman–Crippen LogP) is 4.72. The summed E-state index contributed by atoms with van der Waals surface area (Å²) in [6, 6.07) is 9.32. The van der Waals surface area contributed by atoms with Crippen molar-refractivity contribution in [3.05, 3.63) is 56.6 Å². The molecule has 0 aliphatic heterocycles. The van der Waals surface area contributed by atoms with Gasteiger partial charge in [-0.2, -0.15) is 0 Å². The lowest BCUT2D eigenvalue weighted by Crippen LogP contribution is -2.19. The summed E-state index contributed by atoms with van der Waals surface area (Å²) >= 11 is 16.9. The predicted molar refractivity (Wildman–Crippen MR) is 96.0 cm³/mol. The third-order valence-corrected chi connectivity index (χ3v) is 3.77. The van der Waals surface area contributed by atoms with E-state index in [1.807, 2.05) is 0 Å². The number of hydrogen-bond acceptors (Lipinski definition) is 4. The van der Waals surface area contributed by atoms with E-state index in [1.54, 1.807) is 24.3 Å². The van der Waals surface area contributed by atoms with Gasteiger partial charge in [0.15, 0.2) is 5.11 Å². The molecule has 23 heavy (non-hydrogen) atoms. The van der Waals surface area contributed by atoms with Crippen LogP contribution in [0.15, 0.2) is 36.4 Å². The fraction of sp³-hybridized carbons (Fsp3) is 0.0714. The Morgan fingerprint density at radius 3 is 2.52 bits per heavy atom. The van der Waals surface area contributed by atoms with E-state index in [9.17, 15) is 10.1 Å². The fourth-order valence-corrected chi connectivity index (χ4v) is 2.28. The molecule has 0 unspecified atom stereocenters. The monoisotopic (exact) mass is 371 g/mol. The number of nitro benzene ring substituents is 1. The van der Waals surface area contributed by atoms with Gasteiger partial charge in [-0.25, -0.2) is 0 Å². The summed E-state index contributed by atoms with van der Waals surface area (Å²) in [7, 11) is 1.43. The van der Waals surface area contributed by atoms with Crippen molar-refractivity contribution in [3.63, 3.8) is 0 Å². The molecule has 6 nitrogen and oxygen atoms in total. The molecule has 0 radical (unpaired) electrons. The van der Waals surface area contributed by atoms with Gasteiger partial charge in [0.2, 0.25) is 0 Å². The van der Waals surface area contributed by atoms with Gasteiger partial charge < -0.3 is 15.4 Å². The fourth-order valence-electron chi connectivity index (χ4n) is 1.75. The molecule has 0 spiro atoms. The molecule has 0 bridgehead atoms. The number of halogens is 2. The first-order valence-electron chi connectivity index (χ1n) is 6.26. The standard InChI is InChI=1S/C14H11Cl2N3O3S/c1-22-9-3-5-12(13(7-9)19(20)21)18-14(23)17-8-2-4-10(15)11(16)6-8/h2-7H,1H3,(H2,17,18,23). The summed E-state index contributed by atoms with van der Waals surface area (Å²) in [5.74, 6) is 0.380. The topological polar surface area (TPSA) is 76.4 Å². The van der Waals surface area contributed by atoms with Crippen molar-refractivity contribution >= 4 is 57.6 Å². The summed E-state index contributed by atoms with van der Waals surface area (Å²) in [6.45, 7) is 0. The third-order valence-electron chi connectivity index (χ3n) is 2.83. The van der Waals surface area contributed by atoms with Crippen LogP contribution < -0.4 is 15.4 Å². The molecule has 0 heterocycles. The molecule has 2 N–H and O–H groups in total. The van der Waals surface area contributed by atoms with Gasteiger partial charge in [-0.3, -0.25) is 10.1 Å². The van der Waals surface area contributed by atoms with Crippen molar-refractivity contribution in [2.45, 2.75) is 0 Å². The zero-order valence-corrected chi connectivity index (χ0v) is 14.1. The molecule has 0 atom stereocenters. The highest BCUT2D eigenvalue weighted by Gasteiger charge is 2.16. The lowest BCUT2D eigenvalue weighted by Gasteiger charge is -2.12. The second kappa shape index (κ2) is 7.45. The van der Waals surface area contributed by atoms with Crippen LogP contribution in [0.4, 0.5) is 17.1 Å². The van der Waals surface area contributed by atoms with Crippen LogP contribution in [-0.2, 0) is 0 Å². The summed E-state index contributed by atoms with van der Waals surface area (Å²) in [5, 5.41) is 17.7. The number of benzene rings is 2. The minimum absolute atomic E-state index is 0.150. The Labute approximate surface area is 147 Å². The van der Waals surface area contributed by atoms with E-state index >= 15 is 0 Å². The lowest BCUT2D eigenvalue weighted by molar-refractivity contribution is -0.384. The van der Waals surface area contributed by atoms with Crippen molar-refractivity contribution in [3.8, 4) is 5.75 Å². The normalized spacial score (nSPS) is 10.0. The van der Waals surface area contributed by atoms with Crippen LogP contribution in [0.5, 0.6) is 5.75 Å². The number of rotatable bonds is 4. The summed E-state index contributed by atoms with van der Waals surface area (Å²) in [4.78, 5) is 10.6. The second-order valence-corrected chi connectivity index (χ2v) is 5.57. The Kier molecular flexibility index (Phi) is 5.59. The van der Waals surface area contributed by atoms with Crippen LogP contribution >= 0.6 is 35.4 Å². The Bertz CT molecular complexity index is 771. The molecular weight excluding hydrogens is 361 g/mol. The van der Waals surface area contributed by atoms with E-state index in [4.69, 9.17) is 40.2 Å². The number of methoxy groups -OCH3 is 1. The molecule has 0 aliphatic rings. The van der Waals surface area contributed by atoms with Gasteiger partial charge in [0.25, 0.3) is 5.69 Å². The zero-order valence-electron chi connectivity index (χ0n) is 11.8. The first-order valence-corrected chi connectivity index (χ1v) is 7.42. The average molecular weight is 372 g/mol. The highest BCUT2D eigenvalue weighted by atomic mass is 35.5. The Balaban J connectivity index is 2.16. The Morgan fingerprint density at radius 1 is 1.17 bits per heavy atom. The molecule has 0 saturated carbocycles. The van der Waals surface area contributed by atoms with Gasteiger partial charge in [-0.15, -0.1) is 0 Å². The smallest absolute Gasteiger partial charge is 0.296 e. The van der Waals surface area contributed by atoms with E-state index < -0.39 is 4.92 Å². The van der Waals surface area contributed by atoms with Gasteiger partial charge in [0.1, 0.15) is 11.4 Å². The average Bonchev–Trinajstić information content (AvgIpc) is 2.51. The van der Waals surface area contributed by atoms with Crippen LogP contribution in [0, 0.1) is 10.1 Å². The number of nitro groups is 1. The third kappa shape index (κ3) is 4.44. The summed E-state index contributed by atoms with van der Waals surface area (Å²) < 4.78 is 4.98. The van der Waals surface area contributed by atoms with Gasteiger partial charge in [0.05, 0.1) is 28.1 Å². The van der Waals surface area contributed by atoms with E-state index in [2.05, 4.69) is 10.6 Å². The van der Waals surface area contributed by atoms with E-state index in [0.717, 1.165) is 0 Å². The summed E-state index contributed by atoms with van der Waals surface area (Å²) in [5.41, 5.74) is 0.698. The molecular formula is C14H11Cl2N3O3S. The minimum atomic E-state index is -0.521. The molecule has 0 saturated heterocycles. The summed E-state index contributed by atoms with van der Waals surface area (Å²) in [6.07, 6.45) is 0. The highest BCUT2D eigenvalue weighted by molar-refractivity contribution is 7.80. The maximum Gasteiger partial charge on any atom is 0.296 e. The SMILES string of the molecule is COc1ccc(NC(=S)Nc2ccc(Cl)c(Cl)c2)c([N+](=O)[O-])c1. The van der Waals surface area contributed by atoms with Gasteiger partial charge in [0, 0.05) is 5.69 Å². The van der Waals surface area contributed by atoms with Crippen molar-refractivity contribution < 1.29 is 9.66 Å². The van der Waals surface area contributed by atoms with Crippen molar-refractivity contribution in [2.24, 2.45) is 0 Å². The number of thiocarbonyl (C=S) groups is 1. The van der Waals surface area contributed by atoms with Crippen molar-refractivity contribution in [1.82, 2.24) is 0 Å². The number of hydrogen-bond donors (Lipinski definition) is 2. The highest BCUT2D eigenvalue weighted by Crippen LogP contribution is 2.29. The van der Waals surface area contributed by atoms with E-state index in [1.165, 1.54) is 19.2 Å². The molecule has 2 aromatic rings. The molecule has 0 amide bonds. The molecule has 2 rings (SSSR count). The van der Waals surface area contributed by atoms with Crippen LogP contribution in [-0.4, -0.2) is 17.1 Å². The van der Waals surface area contributed by atoms with Crippen LogP contribution in [0.2, 0.25) is 10.0 Å². The van der Waals surface area contributed by atoms with Crippen LogP contribution in [0.1, 0.15) is 0 Å². The first-order chi connectivity index (χ1) is 10.9. The number of anilines is 2. The Hall–Kier alpha value is -2.09. The van der Waals surface area contributed by atoms with Crippen LogP contribution in [0.25, 0.3) is 0 Å². The second-order valence-electron chi connectivity index (χ2n) is 4.35. The van der Waals surface area contributed by atoms with Crippen LogP contribution in [0.3, 0.4) is 0 Å². The van der Waals surface area contributed by atoms with Gasteiger partial charge in [-0.05, 0) is 42.5 Å². The minimum Gasteiger partial charge on any atom is -0.496 e. The zero-order chi connectivity index (χ0) is 17.0. The molecule has 0 aliphatic carbocycles. The maximum atomic E-state index is 11.1. The van der Waals surface area contributed by atoms with Gasteiger partial charge >= 0.3 is 0 Å². The lowest BCUT2D eigenvalue weighted by atomic mass is 10.2. The van der Waals surface area contributed by atoms with E-state index in [0.29, 0.717) is 21.5 Å². The largest absolute Gasteiger partial charge is 0.496 e. The van der Waals surface area contributed by atoms with Crippen molar-refractivity contribution in [2.75, 3.05) is 17.7 Å². The van der Waals surface area contributed by atoms with Gasteiger partial charge in [-0.1, -0.05) is 23.2 Å².